The minimum Gasteiger partial charge on any atom is -0.394 e. The molecular weight excluding hydrogens is 374 g/mol. The maximum Gasteiger partial charge on any atom is 0.142 e. The van der Waals surface area contributed by atoms with Crippen molar-refractivity contribution in [2.45, 2.75) is 38.8 Å². The highest BCUT2D eigenvalue weighted by Gasteiger charge is 2.18. The van der Waals surface area contributed by atoms with E-state index in [1.807, 2.05) is 45.2 Å². The molecule has 0 fully saturated rings. The molecule has 3 rings (SSSR count). The van der Waals surface area contributed by atoms with E-state index < -0.39 is 5.54 Å². The number of aliphatic hydroxyl groups is 1. The Hall–Kier alpha value is -2.89. The van der Waals surface area contributed by atoms with E-state index in [9.17, 15) is 5.11 Å². The Morgan fingerprint density at radius 3 is 2.37 bits per heavy atom. The van der Waals surface area contributed by atoms with Crippen LogP contribution in [0.25, 0.3) is 11.1 Å². The quantitative estimate of drug-likeness (QED) is 0.412. The molecule has 0 unspecified atom stereocenters. The van der Waals surface area contributed by atoms with E-state index >= 15 is 0 Å². The lowest BCUT2D eigenvalue weighted by atomic mass is 9.97. The van der Waals surface area contributed by atoms with E-state index in [4.69, 9.17) is 10.6 Å². The molecule has 1 heterocycles. The predicted molar refractivity (Wildman–Crippen MR) is 122 cm³/mol. The van der Waals surface area contributed by atoms with Crippen molar-refractivity contribution in [1.82, 2.24) is 4.57 Å². The fourth-order valence-corrected chi connectivity index (χ4v) is 3.33. The van der Waals surface area contributed by atoms with Crippen LogP contribution in [0.1, 0.15) is 37.2 Å². The first-order chi connectivity index (χ1) is 14.4. The van der Waals surface area contributed by atoms with Crippen LogP contribution in [0.4, 0.5) is 0 Å². The number of nitrogens with zero attached hydrogens (tertiary/aromatic N) is 2. The highest BCUT2D eigenvalue weighted by Crippen LogP contribution is 2.20. The summed E-state index contributed by atoms with van der Waals surface area (Å²) in [5.74, 6) is 0. The molecule has 0 aliphatic heterocycles. The average Bonchev–Trinajstić information content (AvgIpc) is 3.14. The molecule has 1 aromatic heterocycles. The third kappa shape index (κ3) is 5.59. The van der Waals surface area contributed by atoms with E-state index in [0.29, 0.717) is 13.0 Å². The molecular formula is C25H31N3O2. The van der Waals surface area contributed by atoms with Crippen LogP contribution in [-0.4, -0.2) is 27.5 Å². The van der Waals surface area contributed by atoms with Crippen LogP contribution in [0.2, 0.25) is 0 Å². The molecule has 0 aliphatic carbocycles. The standard InChI is InChI=1S/C25H31N3O2/c1-19(24-14-13-23(28(24)3)15-16-25(2,26)18-29)27-30-17-20-9-11-22(12-10-20)21-7-5-4-6-8-21/h4-14,29H,15-18,26H2,1-3H3/b27-19-/t25-/m1/s1. The predicted octanol–water partition coefficient (Wildman–Crippen LogP) is 4.28. The molecule has 0 bridgehead atoms. The van der Waals surface area contributed by atoms with Crippen molar-refractivity contribution < 1.29 is 9.94 Å². The van der Waals surface area contributed by atoms with Gasteiger partial charge in [0.15, 0.2) is 0 Å². The van der Waals surface area contributed by atoms with Crippen molar-refractivity contribution >= 4 is 5.71 Å². The number of aliphatic hydroxyl groups excluding tert-OH is 1. The third-order valence-electron chi connectivity index (χ3n) is 5.40. The molecule has 0 saturated heterocycles. The van der Waals surface area contributed by atoms with Crippen LogP contribution in [0.3, 0.4) is 0 Å². The summed E-state index contributed by atoms with van der Waals surface area (Å²) in [5, 5.41) is 13.6. The fraction of sp³-hybridized carbons (Fsp3) is 0.320. The Bertz CT molecular complexity index is 973. The first-order valence-electron chi connectivity index (χ1n) is 10.3. The van der Waals surface area contributed by atoms with E-state index in [-0.39, 0.29) is 6.61 Å². The van der Waals surface area contributed by atoms with Crippen LogP contribution < -0.4 is 5.73 Å². The first-order valence-corrected chi connectivity index (χ1v) is 10.3. The van der Waals surface area contributed by atoms with Crippen molar-refractivity contribution in [2.75, 3.05) is 6.61 Å². The summed E-state index contributed by atoms with van der Waals surface area (Å²) < 4.78 is 2.10. The molecule has 5 heteroatoms. The number of benzene rings is 2. The van der Waals surface area contributed by atoms with Crippen molar-refractivity contribution in [1.29, 1.82) is 0 Å². The zero-order valence-electron chi connectivity index (χ0n) is 18.0. The van der Waals surface area contributed by atoms with E-state index in [0.717, 1.165) is 29.1 Å². The Morgan fingerprint density at radius 1 is 1.03 bits per heavy atom. The molecule has 2 aromatic carbocycles. The Kier molecular flexibility index (Phi) is 7.08. The molecule has 158 valence electrons. The minimum atomic E-state index is -0.563. The summed E-state index contributed by atoms with van der Waals surface area (Å²) >= 11 is 0. The van der Waals surface area contributed by atoms with Gasteiger partial charge in [0, 0.05) is 18.3 Å². The van der Waals surface area contributed by atoms with Crippen LogP contribution >= 0.6 is 0 Å². The van der Waals surface area contributed by atoms with Gasteiger partial charge in [0.25, 0.3) is 0 Å². The van der Waals surface area contributed by atoms with Gasteiger partial charge < -0.3 is 20.2 Å². The van der Waals surface area contributed by atoms with Gasteiger partial charge in [0.05, 0.1) is 12.3 Å². The van der Waals surface area contributed by atoms with Gasteiger partial charge in [-0.1, -0.05) is 59.8 Å². The van der Waals surface area contributed by atoms with Crippen LogP contribution in [0.15, 0.2) is 71.9 Å². The van der Waals surface area contributed by atoms with E-state index in [1.165, 1.54) is 11.1 Å². The number of rotatable bonds is 9. The summed E-state index contributed by atoms with van der Waals surface area (Å²) in [5.41, 5.74) is 11.9. The SMILES string of the molecule is C/C(=N/OCc1ccc(-c2ccccc2)cc1)c1ccc(CC[C@@](C)(N)CO)n1C. The number of oxime groups is 1. The second kappa shape index (κ2) is 9.74. The van der Waals surface area contributed by atoms with Crippen molar-refractivity contribution in [3.63, 3.8) is 0 Å². The molecule has 0 radical (unpaired) electrons. The first kappa shape index (κ1) is 21.8. The number of aryl methyl sites for hydroxylation is 1. The maximum absolute atomic E-state index is 9.33. The molecule has 3 N–H and O–H groups in total. The number of aromatic nitrogens is 1. The lowest BCUT2D eigenvalue weighted by molar-refractivity contribution is 0.130. The molecule has 1 atom stereocenters. The highest BCUT2D eigenvalue weighted by molar-refractivity contribution is 5.97. The summed E-state index contributed by atoms with van der Waals surface area (Å²) in [6, 6.07) is 22.8. The minimum absolute atomic E-state index is 0.0229. The summed E-state index contributed by atoms with van der Waals surface area (Å²) in [6.45, 7) is 4.21. The van der Waals surface area contributed by atoms with Crippen molar-refractivity contribution in [3.8, 4) is 11.1 Å². The van der Waals surface area contributed by atoms with Crippen LogP contribution in [-0.2, 0) is 24.9 Å². The monoisotopic (exact) mass is 405 g/mol. The molecule has 30 heavy (non-hydrogen) atoms. The van der Waals surface area contributed by atoms with Gasteiger partial charge >= 0.3 is 0 Å². The van der Waals surface area contributed by atoms with Crippen molar-refractivity contribution in [2.24, 2.45) is 17.9 Å². The van der Waals surface area contributed by atoms with Crippen LogP contribution in [0.5, 0.6) is 0 Å². The summed E-state index contributed by atoms with van der Waals surface area (Å²) in [6.07, 6.45) is 1.51. The Balaban J connectivity index is 1.58. The summed E-state index contributed by atoms with van der Waals surface area (Å²) in [7, 11) is 2.01. The normalized spacial score (nSPS) is 13.8. The molecule has 5 nitrogen and oxygen atoms in total. The van der Waals surface area contributed by atoms with Gasteiger partial charge in [0.1, 0.15) is 12.3 Å². The average molecular weight is 406 g/mol. The number of nitrogens with two attached hydrogens (primary N) is 1. The van der Waals surface area contributed by atoms with Gasteiger partial charge in [-0.15, -0.1) is 0 Å². The zero-order chi connectivity index (χ0) is 21.6. The smallest absolute Gasteiger partial charge is 0.142 e. The maximum atomic E-state index is 9.33. The summed E-state index contributed by atoms with van der Waals surface area (Å²) in [4.78, 5) is 5.60. The number of hydrogen-bond acceptors (Lipinski definition) is 4. The van der Waals surface area contributed by atoms with Gasteiger partial charge in [0.2, 0.25) is 0 Å². The molecule has 0 saturated carbocycles. The van der Waals surface area contributed by atoms with Crippen LogP contribution in [0, 0.1) is 0 Å². The lowest BCUT2D eigenvalue weighted by Gasteiger charge is -2.21. The molecule has 0 spiro atoms. The van der Waals surface area contributed by atoms with E-state index in [2.05, 4.69) is 52.2 Å². The van der Waals surface area contributed by atoms with Gasteiger partial charge in [-0.3, -0.25) is 0 Å². The Labute approximate surface area is 178 Å². The van der Waals surface area contributed by atoms with Gasteiger partial charge in [-0.25, -0.2) is 0 Å². The highest BCUT2D eigenvalue weighted by atomic mass is 16.6. The lowest BCUT2D eigenvalue weighted by Crippen LogP contribution is -2.40. The topological polar surface area (TPSA) is 72.8 Å². The zero-order valence-corrected chi connectivity index (χ0v) is 18.0. The number of hydrogen-bond donors (Lipinski definition) is 2. The molecule has 0 amide bonds. The second-order valence-electron chi connectivity index (χ2n) is 8.09. The molecule has 0 aliphatic rings. The fourth-order valence-electron chi connectivity index (χ4n) is 3.33. The third-order valence-corrected chi connectivity index (χ3v) is 5.40. The Morgan fingerprint density at radius 2 is 1.70 bits per heavy atom. The van der Waals surface area contributed by atoms with Crippen molar-refractivity contribution in [3.05, 3.63) is 83.7 Å². The van der Waals surface area contributed by atoms with Gasteiger partial charge in [-0.05, 0) is 55.5 Å². The van der Waals surface area contributed by atoms with E-state index in [1.54, 1.807) is 0 Å². The van der Waals surface area contributed by atoms with Gasteiger partial charge in [-0.2, -0.15) is 0 Å². The molecule has 3 aromatic rings. The second-order valence-corrected chi connectivity index (χ2v) is 8.09. The largest absolute Gasteiger partial charge is 0.394 e.